The van der Waals surface area contributed by atoms with Gasteiger partial charge >= 0.3 is 5.97 Å². The Bertz CT molecular complexity index is 1180. The standard InChI is InChI=1S/C27H24O3/c28-26-18-22(14-16-25(26)27(29)30)12-10-20-7-5-19(6-8-20)9-11-21-13-15-23-3-1-2-4-24(23)17-21/h1-8,13-18,28H,9-12H2,(H,29,30). The highest BCUT2D eigenvalue weighted by molar-refractivity contribution is 5.90. The maximum absolute atomic E-state index is 11.0. The molecule has 0 fully saturated rings. The van der Waals surface area contributed by atoms with Gasteiger partial charge in [0.05, 0.1) is 0 Å². The van der Waals surface area contributed by atoms with Crippen molar-refractivity contribution >= 4 is 16.7 Å². The number of aromatic carboxylic acids is 1. The van der Waals surface area contributed by atoms with Gasteiger partial charge in [0.25, 0.3) is 0 Å². The van der Waals surface area contributed by atoms with E-state index in [4.69, 9.17) is 5.11 Å². The number of rotatable bonds is 7. The van der Waals surface area contributed by atoms with E-state index in [0.29, 0.717) is 0 Å². The molecule has 4 aromatic carbocycles. The van der Waals surface area contributed by atoms with Crippen LogP contribution in [-0.4, -0.2) is 16.2 Å². The van der Waals surface area contributed by atoms with E-state index in [0.717, 1.165) is 31.2 Å². The molecule has 30 heavy (non-hydrogen) atoms. The summed E-state index contributed by atoms with van der Waals surface area (Å²) >= 11 is 0. The molecule has 3 nitrogen and oxygen atoms in total. The van der Waals surface area contributed by atoms with Gasteiger partial charge in [-0.2, -0.15) is 0 Å². The van der Waals surface area contributed by atoms with Crippen LogP contribution < -0.4 is 0 Å². The van der Waals surface area contributed by atoms with Crippen molar-refractivity contribution in [3.8, 4) is 5.75 Å². The average molecular weight is 396 g/mol. The lowest BCUT2D eigenvalue weighted by molar-refractivity contribution is 0.0693. The molecule has 0 bridgehead atoms. The average Bonchev–Trinajstić information content (AvgIpc) is 2.76. The van der Waals surface area contributed by atoms with Gasteiger partial charge in [0.15, 0.2) is 0 Å². The zero-order valence-electron chi connectivity index (χ0n) is 16.7. The molecule has 0 spiro atoms. The van der Waals surface area contributed by atoms with Gasteiger partial charge < -0.3 is 10.2 Å². The van der Waals surface area contributed by atoms with Crippen molar-refractivity contribution in [3.05, 3.63) is 113 Å². The third kappa shape index (κ3) is 4.69. The minimum absolute atomic E-state index is 0.0606. The van der Waals surface area contributed by atoms with Crippen LogP contribution in [0.25, 0.3) is 10.8 Å². The summed E-state index contributed by atoms with van der Waals surface area (Å²) in [4.78, 5) is 11.0. The summed E-state index contributed by atoms with van der Waals surface area (Å²) in [6.07, 6.45) is 3.61. The van der Waals surface area contributed by atoms with Crippen LogP contribution in [0.3, 0.4) is 0 Å². The lowest BCUT2D eigenvalue weighted by atomic mass is 9.99. The summed E-state index contributed by atoms with van der Waals surface area (Å²) in [5.41, 5.74) is 4.76. The Morgan fingerprint density at radius 3 is 1.70 bits per heavy atom. The van der Waals surface area contributed by atoms with Crippen LogP contribution in [0.1, 0.15) is 32.6 Å². The van der Waals surface area contributed by atoms with E-state index < -0.39 is 5.97 Å². The summed E-state index contributed by atoms with van der Waals surface area (Å²) in [6, 6.07) is 28.5. The van der Waals surface area contributed by atoms with Crippen molar-refractivity contribution < 1.29 is 15.0 Å². The van der Waals surface area contributed by atoms with Crippen LogP contribution in [0.15, 0.2) is 84.9 Å². The summed E-state index contributed by atoms with van der Waals surface area (Å²) in [5.74, 6) is -1.29. The normalized spacial score (nSPS) is 10.9. The van der Waals surface area contributed by atoms with Gasteiger partial charge in [-0.25, -0.2) is 4.79 Å². The number of carboxylic acid groups (broad SMARTS) is 1. The van der Waals surface area contributed by atoms with Crippen molar-refractivity contribution in [3.63, 3.8) is 0 Å². The molecule has 3 heteroatoms. The first kappa shape index (κ1) is 19.7. The Labute approximate surface area is 176 Å². The van der Waals surface area contributed by atoms with E-state index in [2.05, 4.69) is 66.7 Å². The SMILES string of the molecule is O=C(O)c1ccc(CCc2ccc(CCc3ccc4ccccc4c3)cc2)cc1O. The molecule has 2 N–H and O–H groups in total. The highest BCUT2D eigenvalue weighted by Gasteiger charge is 2.09. The third-order valence-corrected chi connectivity index (χ3v) is 5.53. The number of hydrogen-bond donors (Lipinski definition) is 2. The molecule has 0 radical (unpaired) electrons. The van der Waals surface area contributed by atoms with E-state index >= 15 is 0 Å². The molecule has 4 aromatic rings. The van der Waals surface area contributed by atoms with Gasteiger partial charge in [-0.3, -0.25) is 0 Å². The Balaban J connectivity index is 1.33. The Morgan fingerprint density at radius 1 is 0.600 bits per heavy atom. The highest BCUT2D eigenvalue weighted by Crippen LogP contribution is 2.21. The van der Waals surface area contributed by atoms with Gasteiger partial charge in [0.1, 0.15) is 11.3 Å². The van der Waals surface area contributed by atoms with Crippen molar-refractivity contribution in [2.24, 2.45) is 0 Å². The zero-order valence-corrected chi connectivity index (χ0v) is 16.7. The highest BCUT2D eigenvalue weighted by atomic mass is 16.4. The van der Waals surface area contributed by atoms with E-state index in [9.17, 15) is 9.90 Å². The largest absolute Gasteiger partial charge is 0.507 e. The molecule has 0 aliphatic rings. The second kappa shape index (κ2) is 8.83. The number of aryl methyl sites for hydroxylation is 4. The predicted octanol–water partition coefficient (Wildman–Crippen LogP) is 5.81. The Hall–Kier alpha value is -3.59. The fourth-order valence-electron chi connectivity index (χ4n) is 3.76. The molecule has 0 aromatic heterocycles. The van der Waals surface area contributed by atoms with Gasteiger partial charge in [-0.1, -0.05) is 72.8 Å². The molecule has 150 valence electrons. The second-order valence-electron chi connectivity index (χ2n) is 7.65. The Kier molecular flexibility index (Phi) is 5.80. The number of phenols is 1. The fourth-order valence-corrected chi connectivity index (χ4v) is 3.76. The van der Waals surface area contributed by atoms with Crippen molar-refractivity contribution in [1.29, 1.82) is 0 Å². The number of fused-ring (bicyclic) bond motifs is 1. The minimum atomic E-state index is -1.11. The van der Waals surface area contributed by atoms with Crippen LogP contribution in [0, 0.1) is 0 Å². The van der Waals surface area contributed by atoms with Crippen molar-refractivity contribution in [2.45, 2.75) is 25.7 Å². The minimum Gasteiger partial charge on any atom is -0.507 e. The van der Waals surface area contributed by atoms with Crippen LogP contribution in [-0.2, 0) is 25.7 Å². The number of carboxylic acids is 1. The molecule has 0 amide bonds. The maximum Gasteiger partial charge on any atom is 0.339 e. The lowest BCUT2D eigenvalue weighted by Gasteiger charge is -2.07. The van der Waals surface area contributed by atoms with E-state index in [1.807, 2.05) is 0 Å². The molecular formula is C27H24O3. The van der Waals surface area contributed by atoms with Gasteiger partial charge in [0.2, 0.25) is 0 Å². The second-order valence-corrected chi connectivity index (χ2v) is 7.65. The molecule has 0 aliphatic heterocycles. The molecule has 0 heterocycles. The van der Waals surface area contributed by atoms with Crippen molar-refractivity contribution in [2.75, 3.05) is 0 Å². The first-order valence-corrected chi connectivity index (χ1v) is 10.2. The monoisotopic (exact) mass is 396 g/mol. The van der Waals surface area contributed by atoms with Gasteiger partial charge in [0, 0.05) is 0 Å². The fraction of sp³-hybridized carbons (Fsp3) is 0.148. The summed E-state index contributed by atoms with van der Waals surface area (Å²) in [6.45, 7) is 0. The predicted molar refractivity (Wildman–Crippen MR) is 120 cm³/mol. The number of hydrogen-bond acceptors (Lipinski definition) is 2. The molecule has 0 atom stereocenters. The number of benzene rings is 4. The first-order chi connectivity index (χ1) is 14.6. The molecule has 0 saturated heterocycles. The van der Waals surface area contributed by atoms with Crippen LogP contribution in [0.2, 0.25) is 0 Å². The van der Waals surface area contributed by atoms with Crippen LogP contribution in [0.5, 0.6) is 5.75 Å². The smallest absolute Gasteiger partial charge is 0.339 e. The first-order valence-electron chi connectivity index (χ1n) is 10.2. The van der Waals surface area contributed by atoms with Gasteiger partial charge in [-0.05, 0) is 70.8 Å². The maximum atomic E-state index is 11.0. The summed E-state index contributed by atoms with van der Waals surface area (Å²) < 4.78 is 0. The molecule has 0 saturated carbocycles. The van der Waals surface area contributed by atoms with E-state index in [1.54, 1.807) is 12.1 Å². The molecule has 0 unspecified atom stereocenters. The Morgan fingerprint density at radius 2 is 1.10 bits per heavy atom. The van der Waals surface area contributed by atoms with E-state index in [-0.39, 0.29) is 11.3 Å². The molecule has 4 rings (SSSR count). The number of carbonyl (C=O) groups is 1. The molecular weight excluding hydrogens is 372 g/mol. The quantitative estimate of drug-likeness (QED) is 0.414. The van der Waals surface area contributed by atoms with Crippen molar-refractivity contribution in [1.82, 2.24) is 0 Å². The summed E-state index contributed by atoms with van der Waals surface area (Å²) in [7, 11) is 0. The lowest BCUT2D eigenvalue weighted by Crippen LogP contribution is -1.98. The summed E-state index contributed by atoms with van der Waals surface area (Å²) in [5, 5.41) is 21.4. The zero-order chi connectivity index (χ0) is 20.9. The molecule has 0 aliphatic carbocycles. The topological polar surface area (TPSA) is 57.5 Å². The van der Waals surface area contributed by atoms with Crippen LogP contribution in [0.4, 0.5) is 0 Å². The van der Waals surface area contributed by atoms with Gasteiger partial charge in [-0.15, -0.1) is 0 Å². The van der Waals surface area contributed by atoms with Crippen LogP contribution >= 0.6 is 0 Å². The van der Waals surface area contributed by atoms with E-state index in [1.165, 1.54) is 33.5 Å². The number of aromatic hydroxyl groups is 1. The third-order valence-electron chi connectivity index (χ3n) is 5.53.